The summed E-state index contributed by atoms with van der Waals surface area (Å²) >= 11 is 2.41. The van der Waals surface area contributed by atoms with Crippen LogP contribution in [-0.4, -0.2) is 22.6 Å². The van der Waals surface area contributed by atoms with Gasteiger partial charge in [0.25, 0.3) is 0 Å². The Bertz CT molecular complexity index is 678. The molecule has 0 aliphatic rings. The number of rotatable bonds is 6. The first-order chi connectivity index (χ1) is 10.1. The predicted molar refractivity (Wildman–Crippen MR) is 82.4 cm³/mol. The Balaban J connectivity index is 2.08. The molecular formula is C15H11FO3S2. The first-order valence-electron chi connectivity index (χ1n) is 5.95. The smallest absolute Gasteiger partial charge is 0.313 e. The summed E-state index contributed by atoms with van der Waals surface area (Å²) < 4.78 is 13.8. The number of benzene rings is 1. The van der Waals surface area contributed by atoms with E-state index in [4.69, 9.17) is 5.11 Å². The van der Waals surface area contributed by atoms with Gasteiger partial charge in [0.05, 0.1) is 5.75 Å². The van der Waals surface area contributed by atoms with Crippen molar-refractivity contribution in [2.45, 2.75) is 4.90 Å². The molecule has 0 unspecified atom stereocenters. The van der Waals surface area contributed by atoms with Crippen molar-refractivity contribution < 1.29 is 19.1 Å². The predicted octanol–water partition coefficient (Wildman–Crippen LogP) is 3.96. The van der Waals surface area contributed by atoms with Crippen LogP contribution < -0.4 is 0 Å². The fourth-order valence-electron chi connectivity index (χ4n) is 1.55. The Morgan fingerprint density at radius 2 is 2.14 bits per heavy atom. The number of aliphatic carboxylic acids is 1. The van der Waals surface area contributed by atoms with Crippen LogP contribution in [0.4, 0.5) is 4.39 Å². The minimum absolute atomic E-state index is 0.218. The molecule has 0 aliphatic heterocycles. The quantitative estimate of drug-likeness (QED) is 0.497. The lowest BCUT2D eigenvalue weighted by molar-refractivity contribution is -0.133. The molecule has 21 heavy (non-hydrogen) atoms. The van der Waals surface area contributed by atoms with Crippen molar-refractivity contribution in [2.75, 3.05) is 5.75 Å². The summed E-state index contributed by atoms with van der Waals surface area (Å²) in [7, 11) is 0. The third kappa shape index (κ3) is 4.54. The molecule has 0 amide bonds. The van der Waals surface area contributed by atoms with Crippen LogP contribution in [-0.2, 0) is 4.79 Å². The molecule has 0 radical (unpaired) electrons. The number of halogens is 1. The molecule has 0 aliphatic carbocycles. The second-order valence-corrected chi connectivity index (χ2v) is 5.88. The highest BCUT2D eigenvalue weighted by Crippen LogP contribution is 2.23. The lowest BCUT2D eigenvalue weighted by Crippen LogP contribution is -1.99. The number of carboxylic acids is 1. The van der Waals surface area contributed by atoms with Crippen LogP contribution in [0.5, 0.6) is 0 Å². The zero-order valence-corrected chi connectivity index (χ0v) is 12.4. The number of hydrogen-bond donors (Lipinski definition) is 1. The number of hydrogen-bond acceptors (Lipinski definition) is 4. The molecule has 1 aromatic heterocycles. The first kappa shape index (κ1) is 15.5. The van der Waals surface area contributed by atoms with Crippen molar-refractivity contribution in [3.63, 3.8) is 0 Å². The molecule has 0 spiro atoms. The van der Waals surface area contributed by atoms with Gasteiger partial charge < -0.3 is 5.11 Å². The third-order valence-corrected chi connectivity index (χ3v) is 4.27. The molecule has 0 saturated carbocycles. The zero-order chi connectivity index (χ0) is 15.2. The summed E-state index contributed by atoms with van der Waals surface area (Å²) in [6.07, 6.45) is 3.06. The van der Waals surface area contributed by atoms with Gasteiger partial charge in [0.1, 0.15) is 5.82 Å². The van der Waals surface area contributed by atoms with Crippen molar-refractivity contribution >= 4 is 40.9 Å². The first-order valence-corrected chi connectivity index (χ1v) is 7.88. The Hall–Kier alpha value is -1.92. The number of allylic oxidation sites excluding steroid dienone is 1. The maximum absolute atomic E-state index is 13.8. The Labute approximate surface area is 129 Å². The normalized spacial score (nSPS) is 10.9. The maximum Gasteiger partial charge on any atom is 0.313 e. The van der Waals surface area contributed by atoms with Crippen LogP contribution in [0.25, 0.3) is 6.08 Å². The van der Waals surface area contributed by atoms with E-state index in [9.17, 15) is 14.0 Å². The van der Waals surface area contributed by atoms with Crippen LogP contribution in [0.3, 0.4) is 0 Å². The van der Waals surface area contributed by atoms with Crippen LogP contribution >= 0.6 is 23.1 Å². The number of thioether (sulfide) groups is 1. The Morgan fingerprint density at radius 3 is 2.76 bits per heavy atom. The van der Waals surface area contributed by atoms with Crippen LogP contribution in [0.2, 0.25) is 0 Å². The second-order valence-electron chi connectivity index (χ2n) is 4.08. The second kappa shape index (κ2) is 7.19. The molecule has 1 heterocycles. The molecule has 0 fully saturated rings. The van der Waals surface area contributed by atoms with Crippen molar-refractivity contribution in [1.82, 2.24) is 0 Å². The van der Waals surface area contributed by atoms with E-state index in [2.05, 4.69) is 0 Å². The number of carboxylic acid groups (broad SMARTS) is 1. The summed E-state index contributed by atoms with van der Waals surface area (Å²) in [5.74, 6) is -2.12. The zero-order valence-electron chi connectivity index (χ0n) is 10.8. The molecule has 2 aromatic rings. The largest absolute Gasteiger partial charge is 0.481 e. The van der Waals surface area contributed by atoms with Gasteiger partial charge in [-0.25, -0.2) is 4.39 Å². The van der Waals surface area contributed by atoms with E-state index >= 15 is 0 Å². The topological polar surface area (TPSA) is 54.4 Å². The number of carbonyl (C=O) groups excluding carboxylic acids is 1. The molecule has 1 aromatic carbocycles. The number of ketones is 1. The Kier molecular flexibility index (Phi) is 5.30. The molecule has 6 heteroatoms. The summed E-state index contributed by atoms with van der Waals surface area (Å²) in [6.45, 7) is 0. The molecule has 1 N–H and O–H groups in total. The third-order valence-electron chi connectivity index (χ3n) is 2.54. The highest BCUT2D eigenvalue weighted by atomic mass is 32.2. The van der Waals surface area contributed by atoms with Gasteiger partial charge in [-0.2, -0.15) is 11.3 Å². The van der Waals surface area contributed by atoms with Gasteiger partial charge in [-0.05, 0) is 46.7 Å². The minimum atomic E-state index is -1.02. The van der Waals surface area contributed by atoms with Crippen LogP contribution in [0.15, 0.2) is 46.0 Å². The van der Waals surface area contributed by atoms with E-state index < -0.39 is 11.8 Å². The van der Waals surface area contributed by atoms with E-state index in [1.165, 1.54) is 29.5 Å². The van der Waals surface area contributed by atoms with E-state index in [1.807, 2.05) is 16.8 Å². The van der Waals surface area contributed by atoms with Crippen molar-refractivity contribution in [3.8, 4) is 0 Å². The van der Waals surface area contributed by atoms with Gasteiger partial charge in [-0.1, -0.05) is 6.08 Å². The van der Waals surface area contributed by atoms with Gasteiger partial charge in [0, 0.05) is 10.5 Å². The van der Waals surface area contributed by atoms with E-state index in [-0.39, 0.29) is 22.0 Å². The van der Waals surface area contributed by atoms with Gasteiger partial charge in [-0.15, -0.1) is 11.8 Å². The van der Waals surface area contributed by atoms with Gasteiger partial charge in [0.15, 0.2) is 5.78 Å². The van der Waals surface area contributed by atoms with Crippen LogP contribution in [0, 0.1) is 5.82 Å². The molecule has 108 valence electrons. The van der Waals surface area contributed by atoms with Crippen molar-refractivity contribution in [2.24, 2.45) is 0 Å². The number of thiophene rings is 1. The summed E-state index contributed by atoms with van der Waals surface area (Å²) in [5.41, 5.74) is 1.15. The van der Waals surface area contributed by atoms with Gasteiger partial charge in [0.2, 0.25) is 0 Å². The minimum Gasteiger partial charge on any atom is -0.481 e. The molecule has 3 nitrogen and oxygen atoms in total. The number of carbonyl (C=O) groups is 2. The average molecular weight is 322 g/mol. The maximum atomic E-state index is 13.8. The lowest BCUT2D eigenvalue weighted by atomic mass is 10.1. The van der Waals surface area contributed by atoms with E-state index in [0.29, 0.717) is 0 Å². The molecule has 2 rings (SSSR count). The van der Waals surface area contributed by atoms with E-state index in [1.54, 1.807) is 6.08 Å². The van der Waals surface area contributed by atoms with Crippen LogP contribution in [0.1, 0.15) is 15.9 Å². The van der Waals surface area contributed by atoms with Gasteiger partial charge in [-0.3, -0.25) is 9.59 Å². The van der Waals surface area contributed by atoms with Crippen molar-refractivity contribution in [3.05, 3.63) is 58.0 Å². The fourth-order valence-corrected chi connectivity index (χ4v) is 2.82. The SMILES string of the molecule is O=C(O)CSc1ccc(C(=O)C=Cc2ccsc2)cc1F. The van der Waals surface area contributed by atoms with Crippen molar-refractivity contribution in [1.29, 1.82) is 0 Å². The monoisotopic (exact) mass is 322 g/mol. The summed E-state index contributed by atoms with van der Waals surface area (Å²) in [4.78, 5) is 22.6. The highest BCUT2D eigenvalue weighted by molar-refractivity contribution is 8.00. The molecule has 0 saturated heterocycles. The standard InChI is InChI=1S/C15H11FO3S2/c16-12-7-11(2-4-14(12)21-9-15(18)19)13(17)3-1-10-5-6-20-8-10/h1-8H,9H2,(H,18,19). The summed E-state index contributed by atoms with van der Waals surface area (Å²) in [6, 6.07) is 5.92. The average Bonchev–Trinajstić information content (AvgIpc) is 2.96. The highest BCUT2D eigenvalue weighted by Gasteiger charge is 2.09. The molecular weight excluding hydrogens is 311 g/mol. The van der Waals surface area contributed by atoms with E-state index in [0.717, 1.165) is 23.4 Å². The summed E-state index contributed by atoms with van der Waals surface area (Å²) in [5, 5.41) is 12.4. The lowest BCUT2D eigenvalue weighted by Gasteiger charge is -2.02. The van der Waals surface area contributed by atoms with Gasteiger partial charge >= 0.3 is 5.97 Å². The Morgan fingerprint density at radius 1 is 1.33 bits per heavy atom. The molecule has 0 bridgehead atoms. The molecule has 0 atom stereocenters. The fraction of sp³-hybridized carbons (Fsp3) is 0.0667.